The quantitative estimate of drug-likeness (QED) is 0.0542. The van der Waals surface area contributed by atoms with Gasteiger partial charge in [-0.05, 0) is 67.2 Å². The van der Waals surface area contributed by atoms with Gasteiger partial charge in [-0.25, -0.2) is 4.79 Å². The molecule has 14 nitrogen and oxygen atoms in total. The van der Waals surface area contributed by atoms with Gasteiger partial charge in [0.25, 0.3) is 7.48 Å². The molecule has 0 bridgehead atoms. The Morgan fingerprint density at radius 3 is 1.98 bits per heavy atom. The molecule has 4 rings (SSSR count). The van der Waals surface area contributed by atoms with Crippen LogP contribution in [0.4, 0.5) is 0 Å². The predicted molar refractivity (Wildman–Crippen MR) is 186 cm³/mol. The first-order chi connectivity index (χ1) is 24.9. The molecule has 5 unspecified atom stereocenters. The number of allylic oxidation sites excluding steroid dienone is 1. The molecule has 2 aliphatic heterocycles. The summed E-state index contributed by atoms with van der Waals surface area (Å²) in [6.07, 6.45) is 4.60. The highest BCUT2D eigenvalue weighted by atomic mass is 16.7. The molecule has 5 atom stereocenters. The fourth-order valence-electron chi connectivity index (χ4n) is 5.78. The smallest absolute Gasteiger partial charge is 0.337 e. The molecule has 0 saturated carbocycles. The van der Waals surface area contributed by atoms with Gasteiger partial charge in [-0.3, -0.25) is 9.59 Å². The van der Waals surface area contributed by atoms with Crippen LogP contribution in [0.5, 0.6) is 23.0 Å². The minimum atomic E-state index is -0.691. The Kier molecular flexibility index (Phi) is 16.5. The van der Waals surface area contributed by atoms with Gasteiger partial charge < -0.3 is 53.6 Å². The number of aldehydes is 1. The molecule has 2 heterocycles. The Hall–Kier alpha value is -5.02. The molecular weight excluding hydrogens is 679 g/mol. The van der Waals surface area contributed by atoms with Crippen LogP contribution in [-0.2, 0) is 60.4 Å². The van der Waals surface area contributed by atoms with E-state index in [1.54, 1.807) is 33.4 Å². The zero-order valence-electron chi connectivity index (χ0n) is 29.7. The van der Waals surface area contributed by atoms with Crippen LogP contribution in [0.25, 0.3) is 0 Å². The molecular formula is C37H46BO14. The molecule has 4 N–H and O–H groups in total. The van der Waals surface area contributed by atoms with E-state index >= 15 is 0 Å². The number of phenolic OH excluding ortho intramolecular Hbond substituents is 4. The number of hydrogen-bond donors (Lipinski definition) is 4. The molecule has 0 aliphatic carbocycles. The van der Waals surface area contributed by atoms with E-state index in [1.165, 1.54) is 37.6 Å². The molecule has 52 heavy (non-hydrogen) atoms. The molecule has 0 aromatic heterocycles. The fourth-order valence-corrected chi connectivity index (χ4v) is 5.78. The zero-order chi connectivity index (χ0) is 38.2. The largest absolute Gasteiger partial charge is 0.504 e. The number of carbonyl (C=O) groups is 4. The maximum Gasteiger partial charge on any atom is 0.337 e. The monoisotopic (exact) mass is 725 g/mol. The van der Waals surface area contributed by atoms with E-state index < -0.39 is 36.2 Å². The van der Waals surface area contributed by atoms with Gasteiger partial charge in [-0.2, -0.15) is 0 Å². The lowest BCUT2D eigenvalue weighted by atomic mass is 9.80. The molecule has 2 aromatic rings. The van der Waals surface area contributed by atoms with Crippen LogP contribution in [0.1, 0.15) is 44.2 Å². The van der Waals surface area contributed by atoms with E-state index in [4.69, 9.17) is 28.3 Å². The van der Waals surface area contributed by atoms with Crippen LogP contribution >= 0.6 is 0 Å². The Morgan fingerprint density at radius 1 is 0.904 bits per heavy atom. The maximum atomic E-state index is 12.2. The van der Waals surface area contributed by atoms with Crippen LogP contribution in [0, 0.1) is 17.8 Å². The van der Waals surface area contributed by atoms with E-state index in [1.807, 2.05) is 13.0 Å². The van der Waals surface area contributed by atoms with Crippen molar-refractivity contribution in [1.82, 2.24) is 0 Å². The fraction of sp³-hybridized carbons (Fsp3) is 0.459. The van der Waals surface area contributed by atoms with Crippen LogP contribution in [0.15, 0.2) is 59.9 Å². The van der Waals surface area contributed by atoms with Gasteiger partial charge in [0.15, 0.2) is 29.3 Å². The molecule has 15 heteroatoms. The lowest BCUT2D eigenvalue weighted by molar-refractivity contribution is -0.147. The summed E-state index contributed by atoms with van der Waals surface area (Å²) in [5.74, 6) is -3.65. The first kappa shape index (κ1) is 41.4. The third kappa shape index (κ3) is 12.1. The van der Waals surface area contributed by atoms with E-state index in [0.29, 0.717) is 31.3 Å². The summed E-state index contributed by atoms with van der Waals surface area (Å²) in [6.45, 7) is 6.19. The molecule has 0 amide bonds. The second-order valence-corrected chi connectivity index (χ2v) is 12.1. The van der Waals surface area contributed by atoms with Crippen LogP contribution < -0.4 is 0 Å². The van der Waals surface area contributed by atoms with Gasteiger partial charge >= 0.3 is 17.9 Å². The average Bonchev–Trinajstić information content (AvgIpc) is 3.12. The first-order valence-corrected chi connectivity index (χ1v) is 16.8. The van der Waals surface area contributed by atoms with Gasteiger partial charge in [0.05, 0.1) is 57.5 Å². The standard InChI is InChI=1S/C19H22O8.C18H24BO6/c1-11-14(9-20)13(15(10-27-11)19(24)25-2)8-18(23)26-6-5-12-3-4-16(21)17(22)7-12;1-3-14-13(7-9-24-18(14)25-19-2)11-17(22)23-8-6-12-4-5-15(20)16(21)10-12/h3-4,7,9-11,13-14,21-22H,5-6,8H2,1-2H3;3-5,10,13,18,20-21H,6-9,11H2,1-2H3/b;14-3+. The summed E-state index contributed by atoms with van der Waals surface area (Å²) < 4.78 is 31.5. The van der Waals surface area contributed by atoms with Gasteiger partial charge in [0.1, 0.15) is 12.4 Å². The minimum absolute atomic E-state index is 0.0465. The summed E-state index contributed by atoms with van der Waals surface area (Å²) in [5.41, 5.74) is 2.55. The van der Waals surface area contributed by atoms with E-state index in [9.17, 15) is 39.6 Å². The molecule has 2 aliphatic rings. The van der Waals surface area contributed by atoms with Crippen LogP contribution in [0.3, 0.4) is 0 Å². The second-order valence-electron chi connectivity index (χ2n) is 12.1. The van der Waals surface area contributed by atoms with E-state index in [-0.39, 0.29) is 66.5 Å². The van der Waals surface area contributed by atoms with E-state index in [0.717, 1.165) is 17.6 Å². The number of ether oxygens (including phenoxy) is 5. The average molecular weight is 726 g/mol. The Bertz CT molecular complexity index is 1590. The van der Waals surface area contributed by atoms with Crippen molar-refractivity contribution in [3.05, 3.63) is 71.0 Å². The van der Waals surface area contributed by atoms with Crippen molar-refractivity contribution < 1.29 is 67.9 Å². The highest BCUT2D eigenvalue weighted by Gasteiger charge is 2.39. The van der Waals surface area contributed by atoms with Crippen molar-refractivity contribution in [2.24, 2.45) is 17.8 Å². The SMILES string of the molecule is COC(=O)C1=COC(C)C(C=O)C1CC(=O)OCCc1ccc(O)c(O)c1.C[B]OC1OCCC(CC(=O)OCCc2ccc(O)c(O)c2)/C1=C\C. The van der Waals surface area contributed by atoms with Gasteiger partial charge in [-0.15, -0.1) is 0 Å². The summed E-state index contributed by atoms with van der Waals surface area (Å²) in [5, 5.41) is 37.5. The van der Waals surface area contributed by atoms with E-state index in [2.05, 4.69) is 0 Å². The zero-order valence-corrected chi connectivity index (χ0v) is 29.7. The Morgan fingerprint density at radius 2 is 1.48 bits per heavy atom. The third-order valence-corrected chi connectivity index (χ3v) is 8.65. The number of carbonyl (C=O) groups excluding carboxylic acids is 4. The predicted octanol–water partition coefficient (Wildman–Crippen LogP) is 4.05. The van der Waals surface area contributed by atoms with Crippen molar-refractivity contribution in [3.63, 3.8) is 0 Å². The van der Waals surface area contributed by atoms with Gasteiger partial charge in [0, 0.05) is 18.8 Å². The highest BCUT2D eigenvalue weighted by molar-refractivity contribution is 6.24. The number of aromatic hydroxyl groups is 4. The summed E-state index contributed by atoms with van der Waals surface area (Å²) in [6, 6.07) is 8.88. The first-order valence-electron chi connectivity index (χ1n) is 16.8. The van der Waals surface area contributed by atoms with Crippen molar-refractivity contribution >= 4 is 31.7 Å². The Labute approximate surface area is 303 Å². The summed E-state index contributed by atoms with van der Waals surface area (Å²) >= 11 is 0. The summed E-state index contributed by atoms with van der Waals surface area (Å²) in [7, 11) is 2.79. The number of methoxy groups -OCH3 is 1. The lowest BCUT2D eigenvalue weighted by Crippen LogP contribution is -2.37. The minimum Gasteiger partial charge on any atom is -0.504 e. The third-order valence-electron chi connectivity index (χ3n) is 8.65. The van der Waals surface area contributed by atoms with Crippen LogP contribution in [-0.4, -0.2) is 91.4 Å². The number of rotatable bonds is 14. The maximum absolute atomic E-state index is 12.2. The van der Waals surface area contributed by atoms with Crippen molar-refractivity contribution in [2.75, 3.05) is 26.9 Å². The Balaban J connectivity index is 0.000000281. The molecule has 1 radical (unpaired) electrons. The molecule has 2 aromatic carbocycles. The highest BCUT2D eigenvalue weighted by Crippen LogP contribution is 2.33. The van der Waals surface area contributed by atoms with Gasteiger partial charge in [0.2, 0.25) is 0 Å². The summed E-state index contributed by atoms with van der Waals surface area (Å²) in [4.78, 5) is 47.6. The van der Waals surface area contributed by atoms with Gasteiger partial charge in [-0.1, -0.05) is 25.0 Å². The normalized spacial score (nSPS) is 21.7. The lowest BCUT2D eigenvalue weighted by Gasteiger charge is -2.32. The number of benzene rings is 2. The van der Waals surface area contributed by atoms with Crippen molar-refractivity contribution in [2.45, 2.75) is 65.2 Å². The number of esters is 3. The molecule has 281 valence electrons. The van der Waals surface area contributed by atoms with Crippen LogP contribution in [0.2, 0.25) is 6.82 Å². The number of phenols is 4. The van der Waals surface area contributed by atoms with Crippen molar-refractivity contribution in [3.8, 4) is 23.0 Å². The van der Waals surface area contributed by atoms with Crippen molar-refractivity contribution in [1.29, 1.82) is 0 Å². The molecule has 1 fully saturated rings. The molecule has 1 saturated heterocycles. The number of hydrogen-bond acceptors (Lipinski definition) is 14. The second kappa shape index (κ2) is 20.7. The topological polar surface area (TPSA) is 205 Å². The molecule has 0 spiro atoms.